The fourth-order valence-electron chi connectivity index (χ4n) is 1.81. The van der Waals surface area contributed by atoms with E-state index >= 15 is 0 Å². The van der Waals surface area contributed by atoms with Crippen molar-refractivity contribution in [2.45, 2.75) is 12.5 Å². The van der Waals surface area contributed by atoms with E-state index < -0.39 is 0 Å². The Bertz CT molecular complexity index is 118. The maximum atomic E-state index is 10.9. The van der Waals surface area contributed by atoms with Gasteiger partial charge in [0, 0.05) is 12.6 Å². The molecule has 2 aliphatic heterocycles. The number of hydroxylamine groups is 2. The van der Waals surface area contributed by atoms with Gasteiger partial charge in [-0.05, 0) is 25.4 Å². The normalized spacial score (nSPS) is 43.7. The molecule has 1 N–H and O–H groups in total. The summed E-state index contributed by atoms with van der Waals surface area (Å²) in [5.74, 6) is 0.655. The van der Waals surface area contributed by atoms with Crippen molar-refractivity contribution in [3.05, 3.63) is 5.21 Å². The van der Waals surface area contributed by atoms with Gasteiger partial charge in [0.05, 0.1) is 0 Å². The number of fused-ring (bicyclic) bond motifs is 1. The summed E-state index contributed by atoms with van der Waals surface area (Å²) < 4.78 is 0. The summed E-state index contributed by atoms with van der Waals surface area (Å²) in [5.41, 5.74) is 0. The van der Waals surface area contributed by atoms with Crippen LogP contribution in [0.2, 0.25) is 0 Å². The molecule has 2 rings (SSSR count). The van der Waals surface area contributed by atoms with E-state index in [9.17, 15) is 5.21 Å². The first-order valence-electron chi connectivity index (χ1n) is 3.52. The van der Waals surface area contributed by atoms with Crippen molar-refractivity contribution in [3.8, 4) is 0 Å². The molecule has 2 fully saturated rings. The monoisotopic (exact) mass is 127 g/mol. The van der Waals surface area contributed by atoms with Gasteiger partial charge in [-0.15, -0.1) is 0 Å². The number of hydrogen-bond acceptors (Lipinski definition) is 3. The Kier molecular flexibility index (Phi) is 1.22. The summed E-state index contributed by atoms with van der Waals surface area (Å²) in [7, 11) is 0. The summed E-state index contributed by atoms with van der Waals surface area (Å²) in [6, 6.07) is 0.310. The third-order valence-corrected chi connectivity index (χ3v) is 2.39. The first-order valence-corrected chi connectivity index (χ1v) is 3.52. The van der Waals surface area contributed by atoms with Crippen molar-refractivity contribution in [2.24, 2.45) is 5.92 Å². The van der Waals surface area contributed by atoms with Crippen LogP contribution >= 0.6 is 0 Å². The summed E-state index contributed by atoms with van der Waals surface area (Å²) in [6.07, 6.45) is 1.10. The lowest BCUT2D eigenvalue weighted by Crippen LogP contribution is -2.28. The first-order chi connectivity index (χ1) is 4.38. The fourth-order valence-corrected chi connectivity index (χ4v) is 1.81. The van der Waals surface area contributed by atoms with Gasteiger partial charge in [0.25, 0.3) is 0 Å². The van der Waals surface area contributed by atoms with Crippen LogP contribution in [-0.2, 0) is 0 Å². The Labute approximate surface area is 54.6 Å². The lowest BCUT2D eigenvalue weighted by atomic mass is 10.1. The Morgan fingerprint density at radius 3 is 3.11 bits per heavy atom. The molecule has 52 valence electrons. The zero-order chi connectivity index (χ0) is 6.27. The van der Waals surface area contributed by atoms with Crippen LogP contribution in [0.5, 0.6) is 0 Å². The standard InChI is InChI=1S/C6H11N2O/c9-8-2-1-5-3-7-4-6(5)8/h5-7H,1-4H2/q-1. The second-order valence-corrected chi connectivity index (χ2v) is 2.92. The van der Waals surface area contributed by atoms with E-state index in [4.69, 9.17) is 0 Å². The van der Waals surface area contributed by atoms with Gasteiger partial charge < -0.3 is 15.6 Å². The molecule has 3 nitrogen and oxygen atoms in total. The highest BCUT2D eigenvalue weighted by molar-refractivity contribution is 4.94. The van der Waals surface area contributed by atoms with Gasteiger partial charge in [0.2, 0.25) is 0 Å². The van der Waals surface area contributed by atoms with E-state index in [1.54, 1.807) is 0 Å². The summed E-state index contributed by atoms with van der Waals surface area (Å²) in [4.78, 5) is 0. The van der Waals surface area contributed by atoms with Crippen molar-refractivity contribution in [1.82, 2.24) is 10.4 Å². The smallest absolute Gasteiger partial charge is 0.0143 e. The zero-order valence-electron chi connectivity index (χ0n) is 5.34. The SMILES string of the molecule is [O-]N1CCC2CNCC21. The topological polar surface area (TPSA) is 38.3 Å². The Morgan fingerprint density at radius 2 is 2.33 bits per heavy atom. The molecular formula is C6H11N2O-. The zero-order valence-corrected chi connectivity index (χ0v) is 5.34. The molecule has 0 aromatic carbocycles. The molecule has 0 radical (unpaired) electrons. The molecule has 9 heavy (non-hydrogen) atoms. The van der Waals surface area contributed by atoms with Crippen molar-refractivity contribution in [1.29, 1.82) is 0 Å². The molecule has 2 atom stereocenters. The summed E-state index contributed by atoms with van der Waals surface area (Å²) in [5, 5.41) is 15.4. The largest absolute Gasteiger partial charge is 0.785 e. The van der Waals surface area contributed by atoms with Crippen LogP contribution in [0.15, 0.2) is 0 Å². The third kappa shape index (κ3) is 0.764. The average Bonchev–Trinajstić information content (AvgIpc) is 2.35. The van der Waals surface area contributed by atoms with Crippen LogP contribution in [-0.4, -0.2) is 30.7 Å². The number of nitrogens with one attached hydrogen (secondary N) is 1. The molecule has 2 saturated heterocycles. The number of hydrogen-bond donors (Lipinski definition) is 1. The highest BCUT2D eigenvalue weighted by Crippen LogP contribution is 2.25. The Hall–Kier alpha value is -0.120. The highest BCUT2D eigenvalue weighted by atomic mass is 16.5. The van der Waals surface area contributed by atoms with Gasteiger partial charge in [-0.2, -0.15) is 0 Å². The third-order valence-electron chi connectivity index (χ3n) is 2.39. The second kappa shape index (κ2) is 1.94. The van der Waals surface area contributed by atoms with Crippen molar-refractivity contribution in [3.63, 3.8) is 0 Å². The van der Waals surface area contributed by atoms with Crippen LogP contribution in [0.4, 0.5) is 0 Å². The minimum absolute atomic E-state index is 0.310. The number of nitrogens with zero attached hydrogens (tertiary/aromatic N) is 1. The highest BCUT2D eigenvalue weighted by Gasteiger charge is 2.32. The molecule has 0 aliphatic carbocycles. The van der Waals surface area contributed by atoms with E-state index in [0.717, 1.165) is 26.1 Å². The first kappa shape index (κ1) is 5.65. The molecule has 3 heteroatoms. The van der Waals surface area contributed by atoms with Gasteiger partial charge in [0.15, 0.2) is 0 Å². The van der Waals surface area contributed by atoms with Gasteiger partial charge >= 0.3 is 0 Å². The van der Waals surface area contributed by atoms with Gasteiger partial charge in [0.1, 0.15) is 0 Å². The minimum Gasteiger partial charge on any atom is -0.785 e. The maximum Gasteiger partial charge on any atom is 0.0143 e. The average molecular weight is 127 g/mol. The molecule has 2 aliphatic rings. The van der Waals surface area contributed by atoms with E-state index in [-0.39, 0.29) is 0 Å². The molecule has 2 heterocycles. The maximum absolute atomic E-state index is 10.9. The van der Waals surface area contributed by atoms with Crippen molar-refractivity contribution >= 4 is 0 Å². The molecule has 0 amide bonds. The molecule has 0 spiro atoms. The minimum atomic E-state index is 0.310. The van der Waals surface area contributed by atoms with E-state index in [1.165, 1.54) is 5.06 Å². The fraction of sp³-hybridized carbons (Fsp3) is 1.00. The quantitative estimate of drug-likeness (QED) is 0.489. The molecule has 0 aromatic heterocycles. The molecular weight excluding hydrogens is 116 g/mol. The van der Waals surface area contributed by atoms with E-state index in [1.807, 2.05) is 0 Å². The van der Waals surface area contributed by atoms with Gasteiger partial charge in [-0.1, -0.05) is 0 Å². The van der Waals surface area contributed by atoms with Crippen LogP contribution < -0.4 is 5.32 Å². The van der Waals surface area contributed by atoms with E-state index in [0.29, 0.717) is 12.0 Å². The van der Waals surface area contributed by atoms with Crippen molar-refractivity contribution in [2.75, 3.05) is 19.6 Å². The lowest BCUT2D eigenvalue weighted by Gasteiger charge is -2.28. The van der Waals surface area contributed by atoms with Crippen LogP contribution in [0, 0.1) is 11.1 Å². The second-order valence-electron chi connectivity index (χ2n) is 2.92. The Morgan fingerprint density at radius 1 is 1.44 bits per heavy atom. The van der Waals surface area contributed by atoms with Crippen LogP contribution in [0.3, 0.4) is 0 Å². The molecule has 0 bridgehead atoms. The summed E-state index contributed by atoms with van der Waals surface area (Å²) >= 11 is 0. The molecule has 0 aromatic rings. The van der Waals surface area contributed by atoms with Crippen LogP contribution in [0.1, 0.15) is 6.42 Å². The molecule has 0 saturated carbocycles. The van der Waals surface area contributed by atoms with Crippen LogP contribution in [0.25, 0.3) is 0 Å². The predicted molar refractivity (Wildman–Crippen MR) is 34.8 cm³/mol. The predicted octanol–water partition coefficient (Wildman–Crippen LogP) is -0.222. The van der Waals surface area contributed by atoms with E-state index in [2.05, 4.69) is 5.32 Å². The molecule has 2 unspecified atom stereocenters. The summed E-state index contributed by atoms with van der Waals surface area (Å²) in [6.45, 7) is 2.73. The van der Waals surface area contributed by atoms with Gasteiger partial charge in [-0.25, -0.2) is 0 Å². The van der Waals surface area contributed by atoms with Gasteiger partial charge in [-0.3, -0.25) is 0 Å². The lowest BCUT2D eigenvalue weighted by molar-refractivity contribution is 0.347. The Balaban J connectivity index is 2.07. The number of rotatable bonds is 0. The van der Waals surface area contributed by atoms with Crippen molar-refractivity contribution < 1.29 is 0 Å².